The summed E-state index contributed by atoms with van der Waals surface area (Å²) in [5.41, 5.74) is 0. The molecule has 0 radical (unpaired) electrons. The third-order valence-corrected chi connectivity index (χ3v) is 1.96. The number of rotatable bonds is 6. The lowest BCUT2D eigenvalue weighted by atomic mass is 10.00. The Morgan fingerprint density at radius 3 is 2.42 bits per heavy atom. The van der Waals surface area contributed by atoms with Gasteiger partial charge in [-0.05, 0) is 30.9 Å². The van der Waals surface area contributed by atoms with Crippen molar-refractivity contribution in [3.63, 3.8) is 0 Å². The molecular formula is C8H13ClO3. The predicted octanol–water partition coefficient (Wildman–Crippen LogP) is 2.03. The minimum atomic E-state index is -0.792. The molecule has 0 saturated carbocycles. The lowest BCUT2D eigenvalue weighted by Crippen LogP contribution is -2.12. The molecule has 0 aromatic heterocycles. The highest BCUT2D eigenvalue weighted by atomic mass is 35.5. The Balaban J connectivity index is 3.59. The zero-order valence-corrected chi connectivity index (χ0v) is 7.80. The Morgan fingerprint density at radius 2 is 2.08 bits per heavy atom. The summed E-state index contributed by atoms with van der Waals surface area (Å²) in [6.07, 6.45) is 1.97. The molecule has 70 valence electrons. The molecule has 0 amide bonds. The second kappa shape index (κ2) is 6.00. The first kappa shape index (κ1) is 11.4. The molecule has 0 bridgehead atoms. The fourth-order valence-corrected chi connectivity index (χ4v) is 1.12. The molecule has 0 saturated heterocycles. The van der Waals surface area contributed by atoms with Crippen LogP contribution in [0.4, 0.5) is 0 Å². The lowest BCUT2D eigenvalue weighted by Gasteiger charge is -2.07. The van der Waals surface area contributed by atoms with E-state index in [0.717, 1.165) is 0 Å². The molecule has 0 rings (SSSR count). The summed E-state index contributed by atoms with van der Waals surface area (Å²) < 4.78 is 0. The summed E-state index contributed by atoms with van der Waals surface area (Å²) in [5, 5.41) is 8.23. The first-order chi connectivity index (χ1) is 5.57. The summed E-state index contributed by atoms with van der Waals surface area (Å²) in [7, 11) is 0. The maximum absolute atomic E-state index is 10.5. The summed E-state index contributed by atoms with van der Waals surface area (Å²) in [6.45, 7) is 1.82. The van der Waals surface area contributed by atoms with Gasteiger partial charge in [-0.3, -0.25) is 9.59 Å². The van der Waals surface area contributed by atoms with E-state index in [9.17, 15) is 9.59 Å². The van der Waals surface area contributed by atoms with Gasteiger partial charge in [0.15, 0.2) is 0 Å². The number of hydrogen-bond acceptors (Lipinski definition) is 2. The van der Waals surface area contributed by atoms with E-state index in [-0.39, 0.29) is 12.3 Å². The summed E-state index contributed by atoms with van der Waals surface area (Å²) >= 11 is 5.10. The SMILES string of the molecule is CCC(CCCC(=O)Cl)C(=O)O. The van der Waals surface area contributed by atoms with Crippen molar-refractivity contribution in [1.82, 2.24) is 0 Å². The van der Waals surface area contributed by atoms with Gasteiger partial charge in [0.1, 0.15) is 0 Å². The average molecular weight is 193 g/mol. The predicted molar refractivity (Wildman–Crippen MR) is 46.1 cm³/mol. The van der Waals surface area contributed by atoms with E-state index in [0.29, 0.717) is 19.3 Å². The fraction of sp³-hybridized carbons (Fsp3) is 0.750. The smallest absolute Gasteiger partial charge is 0.306 e. The Bertz CT molecular complexity index is 168. The van der Waals surface area contributed by atoms with Crippen LogP contribution in [0.2, 0.25) is 0 Å². The van der Waals surface area contributed by atoms with Crippen LogP contribution in [-0.4, -0.2) is 16.3 Å². The van der Waals surface area contributed by atoms with E-state index >= 15 is 0 Å². The zero-order valence-electron chi connectivity index (χ0n) is 7.05. The molecule has 1 N–H and O–H groups in total. The van der Waals surface area contributed by atoms with Crippen molar-refractivity contribution < 1.29 is 14.7 Å². The van der Waals surface area contributed by atoms with Gasteiger partial charge in [-0.2, -0.15) is 0 Å². The maximum atomic E-state index is 10.5. The zero-order chi connectivity index (χ0) is 9.56. The monoisotopic (exact) mass is 192 g/mol. The van der Waals surface area contributed by atoms with E-state index in [4.69, 9.17) is 16.7 Å². The van der Waals surface area contributed by atoms with Crippen LogP contribution >= 0.6 is 11.6 Å². The molecule has 0 fully saturated rings. The van der Waals surface area contributed by atoms with Crippen LogP contribution in [0, 0.1) is 5.92 Å². The van der Waals surface area contributed by atoms with Gasteiger partial charge < -0.3 is 5.11 Å². The van der Waals surface area contributed by atoms with E-state index < -0.39 is 11.2 Å². The van der Waals surface area contributed by atoms with Gasteiger partial charge >= 0.3 is 5.97 Å². The van der Waals surface area contributed by atoms with Crippen LogP contribution in [0.5, 0.6) is 0 Å². The quantitative estimate of drug-likeness (QED) is 0.656. The van der Waals surface area contributed by atoms with Crippen molar-refractivity contribution >= 4 is 22.8 Å². The van der Waals surface area contributed by atoms with Crippen molar-refractivity contribution in [2.45, 2.75) is 32.6 Å². The number of carbonyl (C=O) groups excluding carboxylic acids is 1. The summed E-state index contributed by atoms with van der Waals surface area (Å²) in [4.78, 5) is 20.8. The Labute approximate surface area is 76.7 Å². The molecule has 1 atom stereocenters. The van der Waals surface area contributed by atoms with Crippen molar-refractivity contribution in [3.8, 4) is 0 Å². The number of aliphatic carboxylic acids is 1. The Hall–Kier alpha value is -0.570. The molecule has 1 unspecified atom stereocenters. The molecule has 0 aliphatic heterocycles. The molecular weight excluding hydrogens is 180 g/mol. The van der Waals surface area contributed by atoms with E-state index in [1.165, 1.54) is 0 Å². The van der Waals surface area contributed by atoms with E-state index in [2.05, 4.69) is 0 Å². The second-order valence-corrected chi connectivity index (χ2v) is 3.11. The number of carboxylic acids is 1. The molecule has 0 aliphatic carbocycles. The Morgan fingerprint density at radius 1 is 1.50 bits per heavy atom. The number of carboxylic acid groups (broad SMARTS) is 1. The van der Waals surface area contributed by atoms with Crippen molar-refractivity contribution in [1.29, 1.82) is 0 Å². The van der Waals surface area contributed by atoms with Gasteiger partial charge in [0.2, 0.25) is 5.24 Å². The van der Waals surface area contributed by atoms with Crippen molar-refractivity contribution in [2.75, 3.05) is 0 Å². The van der Waals surface area contributed by atoms with Crippen molar-refractivity contribution in [2.24, 2.45) is 5.92 Å². The molecule has 0 aliphatic rings. The lowest BCUT2D eigenvalue weighted by molar-refractivity contribution is -0.142. The highest BCUT2D eigenvalue weighted by molar-refractivity contribution is 6.63. The molecule has 4 heteroatoms. The Kier molecular flexibility index (Phi) is 5.72. The average Bonchev–Trinajstić information content (AvgIpc) is 1.96. The van der Waals surface area contributed by atoms with Crippen LogP contribution in [-0.2, 0) is 9.59 Å². The number of hydrogen-bond donors (Lipinski definition) is 1. The minimum absolute atomic E-state index is 0.269. The topological polar surface area (TPSA) is 54.4 Å². The molecule has 0 spiro atoms. The van der Waals surface area contributed by atoms with Crippen LogP contribution in [0.3, 0.4) is 0 Å². The third-order valence-electron chi connectivity index (χ3n) is 1.77. The van der Waals surface area contributed by atoms with Gasteiger partial charge in [0.05, 0.1) is 5.92 Å². The molecule has 3 nitrogen and oxygen atoms in total. The van der Waals surface area contributed by atoms with Gasteiger partial charge in [-0.25, -0.2) is 0 Å². The number of carbonyl (C=O) groups is 2. The van der Waals surface area contributed by atoms with Crippen LogP contribution < -0.4 is 0 Å². The molecule has 0 aromatic rings. The first-order valence-corrected chi connectivity index (χ1v) is 4.36. The van der Waals surface area contributed by atoms with Crippen molar-refractivity contribution in [3.05, 3.63) is 0 Å². The second-order valence-electron chi connectivity index (χ2n) is 2.69. The van der Waals surface area contributed by atoms with Gasteiger partial charge in [-0.15, -0.1) is 0 Å². The van der Waals surface area contributed by atoms with Crippen LogP contribution in [0.1, 0.15) is 32.6 Å². The number of halogens is 1. The van der Waals surface area contributed by atoms with Crippen LogP contribution in [0.15, 0.2) is 0 Å². The van der Waals surface area contributed by atoms with Gasteiger partial charge in [0, 0.05) is 6.42 Å². The maximum Gasteiger partial charge on any atom is 0.306 e. The highest BCUT2D eigenvalue weighted by Crippen LogP contribution is 2.13. The summed E-state index contributed by atoms with van der Waals surface area (Å²) in [5.74, 6) is -1.12. The molecule has 0 aromatic carbocycles. The highest BCUT2D eigenvalue weighted by Gasteiger charge is 2.14. The van der Waals surface area contributed by atoms with E-state index in [1.807, 2.05) is 6.92 Å². The van der Waals surface area contributed by atoms with E-state index in [1.54, 1.807) is 0 Å². The normalized spacial score (nSPS) is 12.5. The van der Waals surface area contributed by atoms with Gasteiger partial charge in [-0.1, -0.05) is 6.92 Å². The molecule has 0 heterocycles. The molecule has 12 heavy (non-hydrogen) atoms. The summed E-state index contributed by atoms with van der Waals surface area (Å²) in [6, 6.07) is 0. The largest absolute Gasteiger partial charge is 0.481 e. The fourth-order valence-electron chi connectivity index (χ4n) is 0.990. The van der Waals surface area contributed by atoms with Gasteiger partial charge in [0.25, 0.3) is 0 Å². The van der Waals surface area contributed by atoms with Crippen LogP contribution in [0.25, 0.3) is 0 Å². The minimum Gasteiger partial charge on any atom is -0.481 e. The first-order valence-electron chi connectivity index (χ1n) is 3.99. The standard InChI is InChI=1S/C8H13ClO3/c1-2-6(8(11)12)4-3-5-7(9)10/h6H,2-5H2,1H3,(H,11,12). The third kappa shape index (κ3) is 5.13.